The lowest BCUT2D eigenvalue weighted by Gasteiger charge is -2.28. The molecule has 1 aliphatic rings. The van der Waals surface area contributed by atoms with Crippen molar-refractivity contribution in [3.05, 3.63) is 30.2 Å². The minimum Gasteiger partial charge on any atom is -0.477 e. The Hall–Kier alpha value is -3.96. The van der Waals surface area contributed by atoms with Crippen LogP contribution >= 0.6 is 0 Å². The van der Waals surface area contributed by atoms with Crippen LogP contribution < -0.4 is 15.0 Å². The van der Waals surface area contributed by atoms with Crippen LogP contribution in [0.2, 0.25) is 0 Å². The molecule has 3 aromatic heterocycles. The van der Waals surface area contributed by atoms with E-state index in [-0.39, 0.29) is 23.6 Å². The van der Waals surface area contributed by atoms with Crippen molar-refractivity contribution in [2.75, 3.05) is 37.0 Å². The minimum atomic E-state index is -0.560. The highest BCUT2D eigenvalue weighted by Crippen LogP contribution is 2.25. The topological polar surface area (TPSA) is 128 Å². The highest BCUT2D eigenvalue weighted by Gasteiger charge is 2.32. The van der Waals surface area contributed by atoms with Crippen molar-refractivity contribution >= 4 is 34.7 Å². The third kappa shape index (κ3) is 5.64. The largest absolute Gasteiger partial charge is 0.477 e. The molecule has 3 aromatic rings. The van der Waals surface area contributed by atoms with E-state index in [1.807, 2.05) is 45.8 Å². The lowest BCUT2D eigenvalue weighted by molar-refractivity contribution is 0.0237. The first-order valence-electron chi connectivity index (χ1n) is 11.9. The molecule has 1 unspecified atom stereocenters. The normalized spacial score (nSPS) is 15.7. The molecule has 1 saturated heterocycles. The summed E-state index contributed by atoms with van der Waals surface area (Å²) in [4.78, 5) is 42.3. The van der Waals surface area contributed by atoms with Crippen molar-refractivity contribution < 1.29 is 19.1 Å². The molecule has 1 fully saturated rings. The number of ether oxygens (including phenoxy) is 2. The number of likely N-dealkylation sites (N-methyl/N-ethyl adjacent to an activating group) is 1. The maximum atomic E-state index is 13.0. The summed E-state index contributed by atoms with van der Waals surface area (Å²) in [6, 6.07) is 1.76. The van der Waals surface area contributed by atoms with Crippen molar-refractivity contribution in [3.63, 3.8) is 0 Å². The molecule has 4 heterocycles. The third-order valence-corrected chi connectivity index (χ3v) is 5.67. The molecule has 0 aliphatic carbocycles. The van der Waals surface area contributed by atoms with Crippen LogP contribution in [0.1, 0.15) is 44.5 Å². The molecule has 0 aromatic carbocycles. The summed E-state index contributed by atoms with van der Waals surface area (Å²) in [5.74, 6) is 0.229. The first-order chi connectivity index (χ1) is 17.0. The number of pyridine rings is 1. The van der Waals surface area contributed by atoms with Gasteiger partial charge in [0.25, 0.3) is 5.91 Å². The fourth-order valence-corrected chi connectivity index (χ4v) is 3.93. The molecule has 0 saturated carbocycles. The van der Waals surface area contributed by atoms with Gasteiger partial charge in [-0.2, -0.15) is 10.1 Å². The van der Waals surface area contributed by atoms with E-state index in [0.717, 1.165) is 11.8 Å². The number of hydrogen-bond acceptors (Lipinski definition) is 9. The second kappa shape index (κ2) is 9.96. The van der Waals surface area contributed by atoms with E-state index in [0.29, 0.717) is 37.0 Å². The predicted octanol–water partition coefficient (Wildman–Crippen LogP) is 2.85. The summed E-state index contributed by atoms with van der Waals surface area (Å²) in [5, 5.41) is 7.88. The number of anilines is 2. The average molecular weight is 497 g/mol. The Labute approximate surface area is 209 Å². The zero-order valence-corrected chi connectivity index (χ0v) is 21.5. The van der Waals surface area contributed by atoms with Gasteiger partial charge in [-0.3, -0.25) is 9.48 Å². The molecule has 1 N–H and O–H groups in total. The second-order valence-corrected chi connectivity index (χ2v) is 9.70. The quantitative estimate of drug-likeness (QED) is 0.548. The van der Waals surface area contributed by atoms with Gasteiger partial charge in [0.15, 0.2) is 5.65 Å². The van der Waals surface area contributed by atoms with Gasteiger partial charge < -0.3 is 24.6 Å². The van der Waals surface area contributed by atoms with Crippen LogP contribution in [0.25, 0.3) is 11.0 Å². The smallest absolute Gasteiger partial charge is 0.410 e. The number of amides is 2. The van der Waals surface area contributed by atoms with Gasteiger partial charge in [0.2, 0.25) is 11.8 Å². The molecule has 1 aliphatic heterocycles. The fraction of sp³-hybridized carbons (Fsp3) is 0.500. The fourth-order valence-electron chi connectivity index (χ4n) is 3.93. The van der Waals surface area contributed by atoms with Gasteiger partial charge in [-0.25, -0.2) is 14.8 Å². The molecule has 0 bridgehead atoms. The van der Waals surface area contributed by atoms with Gasteiger partial charge in [-0.15, -0.1) is 0 Å². The maximum Gasteiger partial charge on any atom is 0.410 e. The molecule has 2 amide bonds. The number of aryl methyl sites for hydroxylation is 1. The summed E-state index contributed by atoms with van der Waals surface area (Å²) >= 11 is 0. The highest BCUT2D eigenvalue weighted by molar-refractivity contribution is 6.06. The molecular weight excluding hydrogens is 464 g/mol. The van der Waals surface area contributed by atoms with Crippen LogP contribution in [-0.4, -0.2) is 80.0 Å². The molecule has 4 rings (SSSR count). The third-order valence-electron chi connectivity index (χ3n) is 5.67. The van der Waals surface area contributed by atoms with Crippen molar-refractivity contribution in [3.8, 4) is 5.88 Å². The van der Waals surface area contributed by atoms with E-state index in [9.17, 15) is 9.59 Å². The number of nitrogens with one attached hydrogen (secondary N) is 1. The van der Waals surface area contributed by atoms with Crippen molar-refractivity contribution in [1.82, 2.24) is 29.6 Å². The SMILES string of the molecule is CCOc1nc(N2CCC(N(C)C(=O)OC(C)(C)C)C2)ncc1C(=O)Nc1cnc2nn(C)cc2c1. The van der Waals surface area contributed by atoms with Crippen molar-refractivity contribution in [2.24, 2.45) is 7.05 Å². The Morgan fingerprint density at radius 1 is 1.25 bits per heavy atom. The van der Waals surface area contributed by atoms with Gasteiger partial charge in [-0.1, -0.05) is 0 Å². The summed E-state index contributed by atoms with van der Waals surface area (Å²) in [7, 11) is 3.55. The zero-order valence-electron chi connectivity index (χ0n) is 21.5. The standard InChI is InChI=1S/C24H32N8O4/c1-7-35-21-18(20(33)27-16-10-15-13-30(5)29-19(15)25-11-16)12-26-22(28-21)32-9-8-17(14-32)31(6)23(34)36-24(2,3)4/h10-13,17H,7-9,14H2,1-6H3,(H,27,33). The van der Waals surface area contributed by atoms with E-state index in [1.165, 1.54) is 6.20 Å². The number of carbonyl (C=O) groups is 2. The van der Waals surface area contributed by atoms with Gasteiger partial charge >= 0.3 is 6.09 Å². The Kier molecular flexibility index (Phi) is 6.95. The van der Waals surface area contributed by atoms with Gasteiger partial charge in [0.05, 0.1) is 24.5 Å². The summed E-state index contributed by atoms with van der Waals surface area (Å²) in [6.45, 7) is 8.89. The minimum absolute atomic E-state index is 0.0446. The van der Waals surface area contributed by atoms with Crippen LogP contribution in [0.4, 0.5) is 16.4 Å². The summed E-state index contributed by atoms with van der Waals surface area (Å²) in [5.41, 5.74) is 0.780. The first kappa shape index (κ1) is 25.1. The number of nitrogens with zero attached hydrogens (tertiary/aromatic N) is 7. The number of carbonyl (C=O) groups excluding carboxylic acids is 2. The number of fused-ring (bicyclic) bond motifs is 1. The van der Waals surface area contributed by atoms with Crippen LogP contribution in [0, 0.1) is 0 Å². The molecule has 0 spiro atoms. The molecular formula is C24H32N8O4. The number of hydrogen-bond donors (Lipinski definition) is 1. The zero-order chi connectivity index (χ0) is 26.0. The Morgan fingerprint density at radius 3 is 2.75 bits per heavy atom. The predicted molar refractivity (Wildman–Crippen MR) is 134 cm³/mol. The second-order valence-electron chi connectivity index (χ2n) is 9.70. The Bertz CT molecular complexity index is 1270. The van der Waals surface area contributed by atoms with Crippen LogP contribution in [-0.2, 0) is 11.8 Å². The first-order valence-corrected chi connectivity index (χ1v) is 11.9. The molecule has 1 atom stereocenters. The Morgan fingerprint density at radius 2 is 2.03 bits per heavy atom. The van der Waals surface area contributed by atoms with Gasteiger partial charge in [-0.05, 0) is 40.2 Å². The van der Waals surface area contributed by atoms with Crippen molar-refractivity contribution in [2.45, 2.75) is 45.8 Å². The van der Waals surface area contributed by atoms with Gasteiger partial charge in [0.1, 0.15) is 11.2 Å². The lowest BCUT2D eigenvalue weighted by atomic mass is 10.2. The van der Waals surface area contributed by atoms with Crippen LogP contribution in [0.5, 0.6) is 5.88 Å². The highest BCUT2D eigenvalue weighted by atomic mass is 16.6. The molecule has 192 valence electrons. The molecule has 12 nitrogen and oxygen atoms in total. The van der Waals surface area contributed by atoms with Crippen molar-refractivity contribution in [1.29, 1.82) is 0 Å². The molecule has 12 heteroatoms. The van der Waals surface area contributed by atoms with Gasteiger partial charge in [0, 0.05) is 45.0 Å². The molecule has 0 radical (unpaired) electrons. The van der Waals surface area contributed by atoms with E-state index in [2.05, 4.69) is 25.4 Å². The summed E-state index contributed by atoms with van der Waals surface area (Å²) < 4.78 is 12.8. The van der Waals surface area contributed by atoms with Crippen LogP contribution in [0.3, 0.4) is 0 Å². The molecule has 36 heavy (non-hydrogen) atoms. The van der Waals surface area contributed by atoms with E-state index >= 15 is 0 Å². The Balaban J connectivity index is 1.47. The number of aromatic nitrogens is 5. The van der Waals surface area contributed by atoms with E-state index in [1.54, 1.807) is 28.9 Å². The summed E-state index contributed by atoms with van der Waals surface area (Å²) in [6.07, 6.45) is 5.22. The van der Waals surface area contributed by atoms with E-state index < -0.39 is 11.5 Å². The monoisotopic (exact) mass is 496 g/mol. The lowest BCUT2D eigenvalue weighted by Crippen LogP contribution is -2.42. The maximum absolute atomic E-state index is 13.0. The average Bonchev–Trinajstić information content (AvgIpc) is 3.43. The number of rotatable bonds is 6. The van der Waals surface area contributed by atoms with E-state index in [4.69, 9.17) is 9.47 Å². The van der Waals surface area contributed by atoms with Crippen LogP contribution in [0.15, 0.2) is 24.7 Å².